The predicted molar refractivity (Wildman–Crippen MR) is 359 cm³/mol. The van der Waals surface area contributed by atoms with Crippen molar-refractivity contribution >= 4 is 65.6 Å². The molecule has 4 heterocycles. The zero-order chi connectivity index (χ0) is 59.8. The van der Waals surface area contributed by atoms with E-state index in [0.717, 1.165) is 71.6 Å². The van der Waals surface area contributed by atoms with E-state index in [1.807, 2.05) is 158 Å². The van der Waals surface area contributed by atoms with Crippen molar-refractivity contribution in [2.75, 3.05) is 0 Å². The molecule has 0 spiro atoms. The molecule has 0 saturated heterocycles. The number of furan rings is 1. The van der Waals surface area contributed by atoms with E-state index in [1.54, 1.807) is 33.4 Å². The Morgan fingerprint density at radius 3 is 1.45 bits per heavy atom. The summed E-state index contributed by atoms with van der Waals surface area (Å²) >= 11 is 0. The summed E-state index contributed by atoms with van der Waals surface area (Å²) in [6.45, 7) is 4.59. The van der Waals surface area contributed by atoms with Crippen molar-refractivity contribution in [3.8, 4) is 72.9 Å². The molecule has 89 heavy (non-hydrogen) atoms. The van der Waals surface area contributed by atoms with Crippen molar-refractivity contribution < 1.29 is 4.42 Å². The molecule has 0 atom stereocenters. The van der Waals surface area contributed by atoms with E-state index in [4.69, 9.17) is 4.42 Å². The summed E-state index contributed by atoms with van der Waals surface area (Å²) in [7, 11) is 0. The SMILES string of the molecule is CC1(C)c2ccccc2-c2cc3c4ccccc4n(-c4cccc(-n5c(=O)n(-c6ccc(-c7ccc(-c8ccc(-n9c(=O)n(-c%10ccc(-c%11ccccc%11)cc%10)c(=O)c%10ccccc%109)c9oc%10ccccc%10c89)cc7)cc6)c(=O)c6ccccc65)c4)c3cc21. The first-order valence-corrected chi connectivity index (χ1v) is 29.7. The molecular formula is C79H51N5O5. The van der Waals surface area contributed by atoms with Gasteiger partial charge in [0.05, 0.1) is 55.6 Å². The molecule has 0 unspecified atom stereocenters. The second-order valence-electron chi connectivity index (χ2n) is 23.5. The topological polar surface area (TPSA) is 106 Å². The predicted octanol–water partition coefficient (Wildman–Crippen LogP) is 16.9. The highest BCUT2D eigenvalue weighted by Crippen LogP contribution is 2.51. The van der Waals surface area contributed by atoms with Crippen LogP contribution < -0.4 is 22.5 Å². The molecule has 0 N–H and O–H groups in total. The highest BCUT2D eigenvalue weighted by atomic mass is 16.3. The average Bonchev–Trinajstić information content (AvgIpc) is 1.69. The Bertz CT molecular complexity index is 5900. The van der Waals surface area contributed by atoms with Crippen molar-refractivity contribution in [1.82, 2.24) is 22.8 Å². The standard InChI is InChI=1S/C79H51N5O5/c1-79(2)65-26-11-6-21-58(65)63-46-64-59-22-7-12-27-67(59)80(71(64)47-66(63)79)55-19-16-20-56(45-55)81-68-28-13-8-23-60(68)75(85)82(77(81)87)53-41-37-51(38-42-53)49-31-33-52(34-32-49)57-43-44-70(74-73(57)62-25-10-15-30-72(62)89-74)84-69-29-14-9-24-61(69)76(86)83(78(84)88)54-39-35-50(36-40-54)48-17-4-3-5-18-48/h3-47H,1-2H3. The Hall–Kier alpha value is -11.9. The summed E-state index contributed by atoms with van der Waals surface area (Å²) < 4.78 is 14.8. The van der Waals surface area contributed by atoms with Gasteiger partial charge in [-0.2, -0.15) is 0 Å². The van der Waals surface area contributed by atoms with Crippen LogP contribution in [0.3, 0.4) is 0 Å². The average molecular weight is 1150 g/mol. The molecule has 0 aliphatic heterocycles. The lowest BCUT2D eigenvalue weighted by Gasteiger charge is -2.21. The van der Waals surface area contributed by atoms with Gasteiger partial charge in [0.2, 0.25) is 0 Å². The Labute approximate surface area is 508 Å². The van der Waals surface area contributed by atoms with Gasteiger partial charge in [0.15, 0.2) is 5.58 Å². The number of nitrogens with zero attached hydrogens (tertiary/aromatic N) is 5. The van der Waals surface area contributed by atoms with E-state index in [9.17, 15) is 9.59 Å². The first-order chi connectivity index (χ1) is 43.6. The van der Waals surface area contributed by atoms with Gasteiger partial charge in [-0.25, -0.2) is 18.7 Å². The monoisotopic (exact) mass is 1150 g/mol. The van der Waals surface area contributed by atoms with Crippen LogP contribution in [0.4, 0.5) is 0 Å². The molecular weight excluding hydrogens is 1100 g/mol. The highest BCUT2D eigenvalue weighted by molar-refractivity contribution is 6.15. The number of rotatable bonds is 8. The lowest BCUT2D eigenvalue weighted by molar-refractivity contribution is 0.661. The number of hydrogen-bond acceptors (Lipinski definition) is 5. The minimum absolute atomic E-state index is 0.201. The molecule has 0 fully saturated rings. The molecule has 0 amide bonds. The first kappa shape index (κ1) is 51.5. The van der Waals surface area contributed by atoms with Crippen molar-refractivity contribution in [1.29, 1.82) is 0 Å². The quantitative estimate of drug-likeness (QED) is 0.151. The molecule has 0 bridgehead atoms. The molecule has 4 aromatic heterocycles. The van der Waals surface area contributed by atoms with E-state index in [0.29, 0.717) is 55.7 Å². The minimum Gasteiger partial charge on any atom is -0.454 e. The maximum atomic E-state index is 15.2. The van der Waals surface area contributed by atoms with Crippen molar-refractivity contribution in [2.24, 2.45) is 0 Å². The Kier molecular flexibility index (Phi) is 11.3. The Balaban J connectivity index is 0.731. The minimum atomic E-state index is -0.526. The molecule has 12 aromatic carbocycles. The number of para-hydroxylation sites is 4. The lowest BCUT2D eigenvalue weighted by Crippen LogP contribution is -2.38. The van der Waals surface area contributed by atoms with E-state index in [2.05, 4.69) is 109 Å². The van der Waals surface area contributed by atoms with Crippen LogP contribution in [0.5, 0.6) is 0 Å². The summed E-state index contributed by atoms with van der Waals surface area (Å²) in [6.07, 6.45) is 0. The third-order valence-electron chi connectivity index (χ3n) is 18.3. The number of aromatic nitrogens is 5. The van der Waals surface area contributed by atoms with Crippen LogP contribution in [0.2, 0.25) is 0 Å². The van der Waals surface area contributed by atoms with E-state index in [1.165, 1.54) is 31.4 Å². The number of benzene rings is 12. The normalized spacial score (nSPS) is 12.7. The van der Waals surface area contributed by atoms with Crippen molar-refractivity contribution in [2.45, 2.75) is 19.3 Å². The molecule has 1 aliphatic carbocycles. The van der Waals surface area contributed by atoms with Crippen LogP contribution in [-0.4, -0.2) is 22.8 Å². The van der Waals surface area contributed by atoms with Gasteiger partial charge >= 0.3 is 11.4 Å². The van der Waals surface area contributed by atoms with E-state index < -0.39 is 22.5 Å². The summed E-state index contributed by atoms with van der Waals surface area (Å²) in [5.74, 6) is 0. The summed E-state index contributed by atoms with van der Waals surface area (Å²) in [5.41, 5.74) is 15.8. The Morgan fingerprint density at radius 1 is 0.303 bits per heavy atom. The fourth-order valence-electron chi connectivity index (χ4n) is 14.0. The van der Waals surface area contributed by atoms with Gasteiger partial charge in [-0.05, 0) is 153 Å². The van der Waals surface area contributed by atoms with Crippen LogP contribution in [0.1, 0.15) is 25.0 Å². The zero-order valence-electron chi connectivity index (χ0n) is 48.3. The van der Waals surface area contributed by atoms with Crippen LogP contribution >= 0.6 is 0 Å². The third kappa shape index (κ3) is 7.76. The van der Waals surface area contributed by atoms with Gasteiger partial charge in [-0.1, -0.05) is 190 Å². The van der Waals surface area contributed by atoms with Crippen LogP contribution in [0, 0.1) is 0 Å². The van der Waals surface area contributed by atoms with Crippen molar-refractivity contribution in [3.63, 3.8) is 0 Å². The van der Waals surface area contributed by atoms with Gasteiger partial charge in [-0.3, -0.25) is 18.7 Å². The second kappa shape index (κ2) is 19.6. The van der Waals surface area contributed by atoms with Gasteiger partial charge in [0, 0.05) is 32.6 Å². The largest absolute Gasteiger partial charge is 0.454 e. The highest BCUT2D eigenvalue weighted by Gasteiger charge is 2.36. The molecule has 422 valence electrons. The lowest BCUT2D eigenvalue weighted by atomic mass is 9.82. The summed E-state index contributed by atoms with van der Waals surface area (Å²) in [6, 6.07) is 89.3. The fourth-order valence-corrected chi connectivity index (χ4v) is 14.0. The number of fused-ring (bicyclic) bond motifs is 11. The molecule has 10 nitrogen and oxygen atoms in total. The van der Waals surface area contributed by atoms with Gasteiger partial charge in [-0.15, -0.1) is 0 Å². The van der Waals surface area contributed by atoms with Gasteiger partial charge in [0.1, 0.15) is 5.58 Å². The molecule has 0 radical (unpaired) electrons. The molecule has 0 saturated carbocycles. The second-order valence-corrected chi connectivity index (χ2v) is 23.5. The molecule has 17 rings (SSSR count). The molecule has 1 aliphatic rings. The molecule has 16 aromatic rings. The van der Waals surface area contributed by atoms with E-state index in [-0.39, 0.29) is 5.41 Å². The Morgan fingerprint density at radius 2 is 0.798 bits per heavy atom. The maximum Gasteiger partial charge on any atom is 0.340 e. The van der Waals surface area contributed by atoms with Crippen LogP contribution in [0.15, 0.2) is 297 Å². The first-order valence-electron chi connectivity index (χ1n) is 29.7. The van der Waals surface area contributed by atoms with Gasteiger partial charge < -0.3 is 8.98 Å². The fraction of sp³-hybridized carbons (Fsp3) is 0.0380. The number of hydrogen-bond donors (Lipinski definition) is 0. The van der Waals surface area contributed by atoms with E-state index >= 15 is 9.59 Å². The maximum absolute atomic E-state index is 15.2. The summed E-state index contributed by atoms with van der Waals surface area (Å²) in [5, 5.41) is 4.78. The van der Waals surface area contributed by atoms with Crippen LogP contribution in [-0.2, 0) is 5.41 Å². The van der Waals surface area contributed by atoms with Crippen molar-refractivity contribution in [3.05, 3.63) is 326 Å². The third-order valence-corrected chi connectivity index (χ3v) is 18.3. The zero-order valence-corrected chi connectivity index (χ0v) is 48.3. The van der Waals surface area contributed by atoms with Crippen LogP contribution in [0.25, 0.3) is 138 Å². The van der Waals surface area contributed by atoms with Gasteiger partial charge in [0.25, 0.3) is 11.1 Å². The molecule has 10 heteroatoms. The summed E-state index contributed by atoms with van der Waals surface area (Å²) in [4.78, 5) is 59.2. The smallest absolute Gasteiger partial charge is 0.340 e.